The molecule has 5 nitrogen and oxygen atoms in total. The molecule has 1 aromatic heterocycles. The molecule has 0 aliphatic rings. The van der Waals surface area contributed by atoms with Gasteiger partial charge < -0.3 is 9.73 Å². The smallest absolute Gasteiger partial charge is 0.277 e. The average molecular weight is 357 g/mol. The number of rotatable bonds is 6. The molecule has 128 valence electrons. The first kappa shape index (κ1) is 17.2. The highest BCUT2D eigenvalue weighted by molar-refractivity contribution is 8.00. The van der Waals surface area contributed by atoms with Crippen LogP contribution in [0.2, 0.25) is 0 Å². The second-order valence-corrected chi connectivity index (χ2v) is 6.67. The Kier molecular flexibility index (Phi) is 5.45. The Balaban J connectivity index is 1.56. The van der Waals surface area contributed by atoms with Gasteiger partial charge in [0.15, 0.2) is 0 Å². The zero-order valence-corrected chi connectivity index (χ0v) is 14.3. The van der Waals surface area contributed by atoms with Gasteiger partial charge >= 0.3 is 0 Å². The van der Waals surface area contributed by atoms with E-state index in [-0.39, 0.29) is 11.7 Å². The zero-order valence-electron chi connectivity index (χ0n) is 13.5. The van der Waals surface area contributed by atoms with Crippen LogP contribution in [-0.2, 0) is 11.2 Å². The number of hydrogen-bond acceptors (Lipinski definition) is 5. The highest BCUT2D eigenvalue weighted by Gasteiger charge is 2.18. The molecular formula is C18H16FN3O2S. The van der Waals surface area contributed by atoms with Crippen LogP contribution in [-0.4, -0.2) is 21.4 Å². The molecule has 7 heteroatoms. The second kappa shape index (κ2) is 7.94. The van der Waals surface area contributed by atoms with Crippen LogP contribution in [0.3, 0.4) is 0 Å². The first-order chi connectivity index (χ1) is 12.1. The van der Waals surface area contributed by atoms with E-state index in [0.29, 0.717) is 23.2 Å². The van der Waals surface area contributed by atoms with Gasteiger partial charge in [0, 0.05) is 5.69 Å². The lowest BCUT2D eigenvalue weighted by Gasteiger charge is -2.09. The molecule has 25 heavy (non-hydrogen) atoms. The van der Waals surface area contributed by atoms with Gasteiger partial charge in [-0.15, -0.1) is 10.2 Å². The van der Waals surface area contributed by atoms with E-state index in [1.165, 1.54) is 36.0 Å². The Hall–Kier alpha value is -2.67. The summed E-state index contributed by atoms with van der Waals surface area (Å²) in [6, 6.07) is 15.4. The monoisotopic (exact) mass is 357 g/mol. The summed E-state index contributed by atoms with van der Waals surface area (Å²) < 4.78 is 18.5. The fourth-order valence-corrected chi connectivity index (χ4v) is 2.81. The standard InChI is InChI=1S/C18H16FN3O2S/c1-12(17(23)20-15-9-7-14(19)8-10-15)25-18-22-21-16(24-18)11-13-5-3-2-4-6-13/h2-10,12H,11H2,1H3,(H,20,23)/t12-/m1/s1. The fraction of sp³-hybridized carbons (Fsp3) is 0.167. The molecule has 0 spiro atoms. The Bertz CT molecular complexity index is 837. The fourth-order valence-electron chi connectivity index (χ4n) is 2.11. The highest BCUT2D eigenvalue weighted by Crippen LogP contribution is 2.23. The predicted molar refractivity (Wildman–Crippen MR) is 93.9 cm³/mol. The minimum atomic E-state index is -0.435. The van der Waals surface area contributed by atoms with Crippen LogP contribution in [0.5, 0.6) is 0 Å². The molecule has 3 aromatic rings. The van der Waals surface area contributed by atoms with Crippen LogP contribution in [0.25, 0.3) is 0 Å². The highest BCUT2D eigenvalue weighted by atomic mass is 32.2. The Morgan fingerprint density at radius 2 is 1.88 bits per heavy atom. The number of hydrogen-bond donors (Lipinski definition) is 1. The van der Waals surface area contributed by atoms with E-state index in [1.807, 2.05) is 30.3 Å². The largest absolute Gasteiger partial charge is 0.416 e. The van der Waals surface area contributed by atoms with E-state index >= 15 is 0 Å². The summed E-state index contributed by atoms with van der Waals surface area (Å²) in [4.78, 5) is 12.2. The maximum absolute atomic E-state index is 12.9. The van der Waals surface area contributed by atoms with Gasteiger partial charge in [-0.3, -0.25) is 4.79 Å². The lowest BCUT2D eigenvalue weighted by atomic mass is 10.2. The number of benzene rings is 2. The minimum absolute atomic E-state index is 0.223. The third kappa shape index (κ3) is 4.90. The van der Waals surface area contributed by atoms with Crippen LogP contribution >= 0.6 is 11.8 Å². The number of thioether (sulfide) groups is 1. The van der Waals surface area contributed by atoms with Crippen LogP contribution in [0.1, 0.15) is 18.4 Å². The number of amides is 1. The van der Waals surface area contributed by atoms with Crippen molar-refractivity contribution in [2.24, 2.45) is 0 Å². The minimum Gasteiger partial charge on any atom is -0.416 e. The molecular weight excluding hydrogens is 341 g/mol. The van der Waals surface area contributed by atoms with Crippen molar-refractivity contribution in [3.05, 3.63) is 71.9 Å². The Morgan fingerprint density at radius 1 is 1.16 bits per heavy atom. The van der Waals surface area contributed by atoms with Crippen molar-refractivity contribution in [3.8, 4) is 0 Å². The molecule has 0 fully saturated rings. The van der Waals surface area contributed by atoms with Crippen molar-refractivity contribution in [2.75, 3.05) is 5.32 Å². The quantitative estimate of drug-likeness (QED) is 0.677. The molecule has 0 unspecified atom stereocenters. The normalized spacial score (nSPS) is 11.9. The van der Waals surface area contributed by atoms with Gasteiger partial charge in [-0.2, -0.15) is 0 Å². The van der Waals surface area contributed by atoms with Gasteiger partial charge in [0.25, 0.3) is 5.22 Å². The van der Waals surface area contributed by atoms with Gasteiger partial charge in [-0.25, -0.2) is 4.39 Å². The average Bonchev–Trinajstić information content (AvgIpc) is 3.04. The molecule has 0 bridgehead atoms. The summed E-state index contributed by atoms with van der Waals surface area (Å²) >= 11 is 1.18. The summed E-state index contributed by atoms with van der Waals surface area (Å²) in [5, 5.41) is 10.6. The maximum Gasteiger partial charge on any atom is 0.277 e. The molecule has 0 saturated heterocycles. The van der Waals surface area contributed by atoms with E-state index in [9.17, 15) is 9.18 Å². The molecule has 1 heterocycles. The van der Waals surface area contributed by atoms with E-state index in [2.05, 4.69) is 15.5 Å². The molecule has 2 aromatic carbocycles. The molecule has 3 rings (SSSR count). The number of nitrogens with one attached hydrogen (secondary N) is 1. The van der Waals surface area contributed by atoms with Gasteiger partial charge in [0.1, 0.15) is 5.82 Å². The molecule has 0 radical (unpaired) electrons. The summed E-state index contributed by atoms with van der Waals surface area (Å²) in [7, 11) is 0. The molecule has 0 aliphatic carbocycles. The summed E-state index contributed by atoms with van der Waals surface area (Å²) in [6.07, 6.45) is 0.546. The van der Waals surface area contributed by atoms with Crippen LogP contribution in [0.15, 0.2) is 64.2 Å². The third-order valence-electron chi connectivity index (χ3n) is 3.41. The van der Waals surface area contributed by atoms with Crippen molar-refractivity contribution in [2.45, 2.75) is 23.8 Å². The molecule has 0 aliphatic heterocycles. The maximum atomic E-state index is 12.9. The van der Waals surface area contributed by atoms with E-state index in [4.69, 9.17) is 4.42 Å². The van der Waals surface area contributed by atoms with Crippen molar-refractivity contribution >= 4 is 23.4 Å². The predicted octanol–water partition coefficient (Wildman–Crippen LogP) is 3.92. The van der Waals surface area contributed by atoms with Crippen molar-refractivity contribution < 1.29 is 13.6 Å². The second-order valence-electron chi connectivity index (χ2n) is 5.38. The molecule has 0 saturated carbocycles. The van der Waals surface area contributed by atoms with Gasteiger partial charge in [-0.05, 0) is 36.8 Å². The summed E-state index contributed by atoms with van der Waals surface area (Å²) in [5.41, 5.74) is 1.61. The lowest BCUT2D eigenvalue weighted by Crippen LogP contribution is -2.22. The van der Waals surface area contributed by atoms with Crippen LogP contribution in [0, 0.1) is 5.82 Å². The number of nitrogens with zero attached hydrogens (tertiary/aromatic N) is 2. The third-order valence-corrected chi connectivity index (χ3v) is 4.34. The molecule has 1 N–H and O–H groups in total. The number of carbonyl (C=O) groups is 1. The summed E-state index contributed by atoms with van der Waals surface area (Å²) in [5.74, 6) is -0.0727. The van der Waals surface area contributed by atoms with Gasteiger partial charge in [0.05, 0.1) is 11.7 Å². The van der Waals surface area contributed by atoms with Gasteiger partial charge in [0.2, 0.25) is 11.8 Å². The van der Waals surface area contributed by atoms with E-state index in [0.717, 1.165) is 5.56 Å². The number of halogens is 1. The van der Waals surface area contributed by atoms with E-state index < -0.39 is 5.25 Å². The first-order valence-corrected chi connectivity index (χ1v) is 8.57. The SMILES string of the molecule is C[C@@H](Sc1nnc(Cc2ccccc2)o1)C(=O)Nc1ccc(F)cc1. The summed E-state index contributed by atoms with van der Waals surface area (Å²) in [6.45, 7) is 1.74. The lowest BCUT2D eigenvalue weighted by molar-refractivity contribution is -0.115. The zero-order chi connectivity index (χ0) is 17.6. The Morgan fingerprint density at radius 3 is 2.60 bits per heavy atom. The van der Waals surface area contributed by atoms with E-state index in [1.54, 1.807) is 6.92 Å². The number of carbonyl (C=O) groups excluding carboxylic acids is 1. The van der Waals surface area contributed by atoms with Crippen LogP contribution < -0.4 is 5.32 Å². The van der Waals surface area contributed by atoms with Crippen molar-refractivity contribution in [1.29, 1.82) is 0 Å². The number of aromatic nitrogens is 2. The molecule has 1 amide bonds. The number of anilines is 1. The van der Waals surface area contributed by atoms with Crippen LogP contribution in [0.4, 0.5) is 10.1 Å². The van der Waals surface area contributed by atoms with Gasteiger partial charge in [-0.1, -0.05) is 42.1 Å². The van der Waals surface area contributed by atoms with Crippen molar-refractivity contribution in [1.82, 2.24) is 10.2 Å². The molecule has 1 atom stereocenters. The topological polar surface area (TPSA) is 68.0 Å². The Labute approximate surface area is 148 Å². The first-order valence-electron chi connectivity index (χ1n) is 7.69. The van der Waals surface area contributed by atoms with Crippen molar-refractivity contribution in [3.63, 3.8) is 0 Å².